The molecule has 4 nitrogen and oxygen atoms in total. The van der Waals surface area contributed by atoms with Crippen molar-refractivity contribution >= 4 is 5.91 Å². The van der Waals surface area contributed by atoms with E-state index in [-0.39, 0.29) is 11.8 Å². The maximum atomic E-state index is 11.6. The van der Waals surface area contributed by atoms with E-state index in [9.17, 15) is 4.79 Å². The van der Waals surface area contributed by atoms with E-state index >= 15 is 0 Å². The van der Waals surface area contributed by atoms with E-state index in [1.807, 2.05) is 0 Å². The topological polar surface area (TPSA) is 70.1 Å². The first-order valence-electron chi connectivity index (χ1n) is 4.43. The van der Waals surface area contributed by atoms with Crippen LogP contribution in [0, 0.1) is 17.2 Å². The molecule has 0 bridgehead atoms. The van der Waals surface area contributed by atoms with E-state index in [1.54, 1.807) is 18.9 Å². The Balaban J connectivity index is 2.44. The van der Waals surface area contributed by atoms with Crippen LogP contribution in [0.5, 0.6) is 0 Å². The van der Waals surface area contributed by atoms with Crippen LogP contribution in [0.3, 0.4) is 0 Å². The molecule has 0 aromatic rings. The summed E-state index contributed by atoms with van der Waals surface area (Å²) < 4.78 is 0. The van der Waals surface area contributed by atoms with Gasteiger partial charge in [0.25, 0.3) is 0 Å². The number of amides is 1. The Labute approximate surface area is 78.3 Å². The molecule has 0 saturated heterocycles. The standard InChI is InChI=1S/C9H15N3O/c1-7(5-10)6-12(2)8(13)9(11)3-4-9/h7H,3-4,6,11H2,1-2H3. The number of hydrogen-bond donors (Lipinski definition) is 1. The molecule has 1 fully saturated rings. The fourth-order valence-corrected chi connectivity index (χ4v) is 1.26. The Morgan fingerprint density at radius 3 is 2.69 bits per heavy atom. The smallest absolute Gasteiger partial charge is 0.242 e. The first-order chi connectivity index (χ1) is 5.99. The normalized spacial score (nSPS) is 20.2. The second-order valence-corrected chi connectivity index (χ2v) is 3.87. The third kappa shape index (κ3) is 2.19. The number of rotatable bonds is 3. The molecule has 72 valence electrons. The van der Waals surface area contributed by atoms with Crippen LogP contribution < -0.4 is 5.73 Å². The fourth-order valence-electron chi connectivity index (χ4n) is 1.26. The summed E-state index contributed by atoms with van der Waals surface area (Å²) in [6.45, 7) is 2.26. The summed E-state index contributed by atoms with van der Waals surface area (Å²) in [5.74, 6) is -0.161. The number of carbonyl (C=O) groups is 1. The quantitative estimate of drug-likeness (QED) is 0.671. The molecule has 1 atom stereocenters. The van der Waals surface area contributed by atoms with Crippen LogP contribution in [-0.2, 0) is 4.79 Å². The highest BCUT2D eigenvalue weighted by atomic mass is 16.2. The molecule has 1 aliphatic rings. The summed E-state index contributed by atoms with van der Waals surface area (Å²) in [7, 11) is 1.70. The van der Waals surface area contributed by atoms with Crippen molar-refractivity contribution in [3.8, 4) is 6.07 Å². The van der Waals surface area contributed by atoms with E-state index in [4.69, 9.17) is 11.0 Å². The first kappa shape index (κ1) is 10.0. The van der Waals surface area contributed by atoms with Gasteiger partial charge in [-0.05, 0) is 19.8 Å². The predicted octanol–water partition coefficient (Wildman–Crippen LogP) is 0.0958. The van der Waals surface area contributed by atoms with E-state index in [1.165, 1.54) is 0 Å². The van der Waals surface area contributed by atoms with Crippen LogP contribution in [-0.4, -0.2) is 29.9 Å². The average Bonchev–Trinajstić information content (AvgIpc) is 2.83. The van der Waals surface area contributed by atoms with E-state index in [2.05, 4.69) is 6.07 Å². The molecule has 13 heavy (non-hydrogen) atoms. The lowest BCUT2D eigenvalue weighted by molar-refractivity contribution is -0.132. The van der Waals surface area contributed by atoms with Crippen LogP contribution in [0.4, 0.5) is 0 Å². The summed E-state index contributed by atoms with van der Waals surface area (Å²) in [5, 5.41) is 8.56. The zero-order valence-electron chi connectivity index (χ0n) is 8.08. The van der Waals surface area contributed by atoms with Gasteiger partial charge in [0.05, 0.1) is 17.5 Å². The highest BCUT2D eigenvalue weighted by Gasteiger charge is 2.47. The highest BCUT2D eigenvalue weighted by molar-refractivity contribution is 5.88. The van der Waals surface area contributed by atoms with Crippen LogP contribution in [0.2, 0.25) is 0 Å². The molecule has 1 rings (SSSR count). The van der Waals surface area contributed by atoms with Gasteiger partial charge in [-0.1, -0.05) is 0 Å². The zero-order chi connectivity index (χ0) is 10.1. The lowest BCUT2D eigenvalue weighted by Gasteiger charge is -2.21. The molecule has 4 heteroatoms. The Bertz CT molecular complexity index is 252. The molecule has 1 unspecified atom stereocenters. The first-order valence-corrected chi connectivity index (χ1v) is 4.43. The zero-order valence-corrected chi connectivity index (χ0v) is 8.08. The summed E-state index contributed by atoms with van der Waals surface area (Å²) in [6.07, 6.45) is 1.55. The van der Waals surface area contributed by atoms with Gasteiger partial charge in [-0.25, -0.2) is 0 Å². The molecule has 0 aromatic heterocycles. The van der Waals surface area contributed by atoms with Gasteiger partial charge in [0.1, 0.15) is 0 Å². The average molecular weight is 181 g/mol. The summed E-state index contributed by atoms with van der Waals surface area (Å²) >= 11 is 0. The van der Waals surface area contributed by atoms with Crippen molar-refractivity contribution < 1.29 is 4.79 Å². The van der Waals surface area contributed by atoms with Crippen molar-refractivity contribution in [3.05, 3.63) is 0 Å². The van der Waals surface area contributed by atoms with Gasteiger partial charge in [0.2, 0.25) is 5.91 Å². The van der Waals surface area contributed by atoms with Gasteiger partial charge in [-0.3, -0.25) is 4.79 Å². The largest absolute Gasteiger partial charge is 0.343 e. The third-order valence-corrected chi connectivity index (χ3v) is 2.33. The lowest BCUT2D eigenvalue weighted by Crippen LogP contribution is -2.45. The Hall–Kier alpha value is -1.08. The number of nitrogens with zero attached hydrogens (tertiary/aromatic N) is 2. The van der Waals surface area contributed by atoms with Crippen LogP contribution >= 0.6 is 0 Å². The Morgan fingerprint density at radius 2 is 2.31 bits per heavy atom. The maximum absolute atomic E-state index is 11.6. The number of hydrogen-bond acceptors (Lipinski definition) is 3. The van der Waals surface area contributed by atoms with Gasteiger partial charge in [-0.15, -0.1) is 0 Å². The van der Waals surface area contributed by atoms with E-state index in [0.29, 0.717) is 6.54 Å². The predicted molar refractivity (Wildman–Crippen MR) is 48.6 cm³/mol. The van der Waals surface area contributed by atoms with E-state index in [0.717, 1.165) is 12.8 Å². The number of nitrogens with two attached hydrogens (primary N) is 1. The van der Waals surface area contributed by atoms with Gasteiger partial charge in [0.15, 0.2) is 0 Å². The number of carbonyl (C=O) groups excluding carboxylic acids is 1. The molecular weight excluding hydrogens is 166 g/mol. The lowest BCUT2D eigenvalue weighted by atomic mass is 10.2. The van der Waals surface area contributed by atoms with Crippen molar-refractivity contribution in [1.29, 1.82) is 5.26 Å². The Kier molecular flexibility index (Phi) is 2.58. The summed E-state index contributed by atoms with van der Waals surface area (Å²) in [6, 6.07) is 2.09. The Morgan fingerprint density at radius 1 is 1.77 bits per heavy atom. The van der Waals surface area contributed by atoms with E-state index < -0.39 is 5.54 Å². The van der Waals surface area contributed by atoms with Crippen LogP contribution in [0.1, 0.15) is 19.8 Å². The van der Waals surface area contributed by atoms with Crippen molar-refractivity contribution in [1.82, 2.24) is 4.90 Å². The molecule has 2 N–H and O–H groups in total. The fraction of sp³-hybridized carbons (Fsp3) is 0.778. The molecule has 1 saturated carbocycles. The SMILES string of the molecule is CC(C#N)CN(C)C(=O)C1(N)CC1. The molecule has 0 radical (unpaired) electrons. The molecule has 0 heterocycles. The minimum atomic E-state index is -0.607. The van der Waals surface area contributed by atoms with Crippen LogP contribution in [0.15, 0.2) is 0 Å². The van der Waals surface area contributed by atoms with Gasteiger partial charge >= 0.3 is 0 Å². The van der Waals surface area contributed by atoms with Crippen LogP contribution in [0.25, 0.3) is 0 Å². The molecule has 0 aromatic carbocycles. The summed E-state index contributed by atoms with van der Waals surface area (Å²) in [5.41, 5.74) is 5.13. The third-order valence-electron chi connectivity index (χ3n) is 2.33. The van der Waals surface area contributed by atoms with Crippen molar-refractivity contribution in [2.75, 3.05) is 13.6 Å². The van der Waals surface area contributed by atoms with Crippen molar-refractivity contribution in [2.24, 2.45) is 11.7 Å². The molecule has 0 spiro atoms. The second kappa shape index (κ2) is 3.35. The molecular formula is C9H15N3O. The van der Waals surface area contributed by atoms with Crippen molar-refractivity contribution in [3.63, 3.8) is 0 Å². The maximum Gasteiger partial charge on any atom is 0.242 e. The molecule has 1 aliphatic carbocycles. The highest BCUT2D eigenvalue weighted by Crippen LogP contribution is 2.33. The minimum absolute atomic E-state index is 0.0328. The monoisotopic (exact) mass is 181 g/mol. The van der Waals surface area contributed by atoms with Gasteiger partial charge < -0.3 is 10.6 Å². The van der Waals surface area contributed by atoms with Gasteiger partial charge in [0, 0.05) is 13.6 Å². The summed E-state index contributed by atoms with van der Waals surface area (Å²) in [4.78, 5) is 13.1. The number of likely N-dealkylation sites (N-methyl/N-ethyl adjacent to an activating group) is 1. The van der Waals surface area contributed by atoms with Gasteiger partial charge in [-0.2, -0.15) is 5.26 Å². The number of nitriles is 1. The molecule has 0 aliphatic heterocycles. The minimum Gasteiger partial charge on any atom is -0.343 e. The van der Waals surface area contributed by atoms with Crippen molar-refractivity contribution in [2.45, 2.75) is 25.3 Å². The second-order valence-electron chi connectivity index (χ2n) is 3.87. The molecule has 1 amide bonds.